The van der Waals surface area contributed by atoms with Crippen molar-refractivity contribution in [3.05, 3.63) is 35.0 Å². The van der Waals surface area contributed by atoms with Gasteiger partial charge in [0.15, 0.2) is 0 Å². The SMILES string of the molecule is [O-][NH2+]CCC(O)c1ccc(O)cc1. The average molecular weight is 183 g/mol. The number of aliphatic hydroxyl groups excluding tert-OH is 1. The minimum Gasteiger partial charge on any atom is -0.636 e. The van der Waals surface area contributed by atoms with E-state index in [2.05, 4.69) is 0 Å². The predicted octanol–water partition coefficient (Wildman–Crippen LogP) is -0.123. The number of rotatable bonds is 4. The van der Waals surface area contributed by atoms with Gasteiger partial charge in [-0.1, -0.05) is 12.1 Å². The van der Waals surface area contributed by atoms with Crippen LogP contribution in [0, 0.1) is 5.21 Å². The number of nitrogens with two attached hydrogens (primary N) is 1. The first kappa shape index (κ1) is 9.98. The van der Waals surface area contributed by atoms with Crippen LogP contribution in [0.2, 0.25) is 0 Å². The number of hydrogen-bond donors (Lipinski definition) is 3. The molecular weight excluding hydrogens is 170 g/mol. The van der Waals surface area contributed by atoms with Crippen LogP contribution in [0.25, 0.3) is 0 Å². The molecule has 0 aromatic heterocycles. The molecule has 4 nitrogen and oxygen atoms in total. The largest absolute Gasteiger partial charge is 0.636 e. The molecule has 0 aliphatic carbocycles. The van der Waals surface area contributed by atoms with E-state index in [1.807, 2.05) is 0 Å². The summed E-state index contributed by atoms with van der Waals surface area (Å²) in [6.07, 6.45) is -0.195. The summed E-state index contributed by atoms with van der Waals surface area (Å²) in [6, 6.07) is 6.31. The third-order valence-corrected chi connectivity index (χ3v) is 1.84. The molecule has 0 bridgehead atoms. The number of hydrogen-bond acceptors (Lipinski definition) is 3. The molecule has 72 valence electrons. The van der Waals surface area contributed by atoms with Crippen LogP contribution in [0.15, 0.2) is 24.3 Å². The van der Waals surface area contributed by atoms with Gasteiger partial charge in [-0.3, -0.25) is 0 Å². The van der Waals surface area contributed by atoms with Crippen LogP contribution in [0.3, 0.4) is 0 Å². The Morgan fingerprint density at radius 2 is 1.92 bits per heavy atom. The summed E-state index contributed by atoms with van der Waals surface area (Å²) in [7, 11) is 0. The Morgan fingerprint density at radius 1 is 1.31 bits per heavy atom. The smallest absolute Gasteiger partial charge is 0.115 e. The standard InChI is InChI=1S/C9H13NO3/c11-8-3-1-7(2-4-8)9(12)5-6-10-13/h1-4,9,11-12H,5-6,10H2. The van der Waals surface area contributed by atoms with Crippen molar-refractivity contribution in [2.45, 2.75) is 12.5 Å². The van der Waals surface area contributed by atoms with Crippen LogP contribution in [0.4, 0.5) is 0 Å². The van der Waals surface area contributed by atoms with E-state index in [0.29, 0.717) is 13.0 Å². The molecule has 0 fully saturated rings. The van der Waals surface area contributed by atoms with E-state index in [4.69, 9.17) is 5.11 Å². The summed E-state index contributed by atoms with van der Waals surface area (Å²) < 4.78 is 0. The van der Waals surface area contributed by atoms with Crippen molar-refractivity contribution in [2.75, 3.05) is 6.54 Å². The highest BCUT2D eigenvalue weighted by atomic mass is 16.5. The fourth-order valence-corrected chi connectivity index (χ4v) is 1.09. The lowest BCUT2D eigenvalue weighted by Crippen LogP contribution is -2.77. The highest BCUT2D eigenvalue weighted by Crippen LogP contribution is 2.18. The van der Waals surface area contributed by atoms with Gasteiger partial charge in [-0.2, -0.15) is 0 Å². The van der Waals surface area contributed by atoms with Crippen LogP contribution in [0.5, 0.6) is 5.75 Å². The van der Waals surface area contributed by atoms with Gasteiger partial charge >= 0.3 is 0 Å². The summed E-state index contributed by atoms with van der Waals surface area (Å²) in [4.78, 5) is 0. The van der Waals surface area contributed by atoms with Gasteiger partial charge in [0, 0.05) is 6.42 Å². The maximum absolute atomic E-state index is 10.0. The Morgan fingerprint density at radius 3 is 2.46 bits per heavy atom. The number of benzene rings is 1. The molecule has 1 aromatic rings. The Balaban J connectivity index is 2.55. The summed E-state index contributed by atoms with van der Waals surface area (Å²) in [5.41, 5.74) is 1.50. The number of phenols is 1. The van der Waals surface area contributed by atoms with Gasteiger partial charge in [-0.05, 0) is 17.7 Å². The first-order valence-electron chi connectivity index (χ1n) is 4.14. The topological polar surface area (TPSA) is 80.1 Å². The van der Waals surface area contributed by atoms with Crippen molar-refractivity contribution in [1.82, 2.24) is 0 Å². The quantitative estimate of drug-likeness (QED) is 0.569. The molecule has 4 heteroatoms. The zero-order valence-electron chi connectivity index (χ0n) is 7.18. The number of quaternary nitrogens is 1. The van der Waals surface area contributed by atoms with Crippen molar-refractivity contribution >= 4 is 0 Å². The second kappa shape index (κ2) is 4.81. The van der Waals surface area contributed by atoms with Crippen LogP contribution in [-0.4, -0.2) is 16.8 Å². The van der Waals surface area contributed by atoms with Gasteiger partial charge in [-0.25, -0.2) is 0 Å². The number of phenolic OH excluding ortho intramolecular Hbond substituents is 1. The predicted molar refractivity (Wildman–Crippen MR) is 47.8 cm³/mol. The molecule has 0 aliphatic rings. The van der Waals surface area contributed by atoms with Crippen molar-refractivity contribution in [3.8, 4) is 5.75 Å². The molecule has 0 saturated carbocycles. The van der Waals surface area contributed by atoms with E-state index < -0.39 is 6.10 Å². The monoisotopic (exact) mass is 183 g/mol. The van der Waals surface area contributed by atoms with E-state index in [1.54, 1.807) is 12.1 Å². The first-order chi connectivity index (χ1) is 6.24. The van der Waals surface area contributed by atoms with Crippen molar-refractivity contribution in [3.63, 3.8) is 0 Å². The fraction of sp³-hybridized carbons (Fsp3) is 0.333. The Hall–Kier alpha value is -1.10. The molecule has 0 spiro atoms. The summed E-state index contributed by atoms with van der Waals surface area (Å²) >= 11 is 0. The summed E-state index contributed by atoms with van der Waals surface area (Å²) in [6.45, 7) is 0.349. The van der Waals surface area contributed by atoms with Crippen LogP contribution >= 0.6 is 0 Å². The molecule has 13 heavy (non-hydrogen) atoms. The van der Waals surface area contributed by atoms with Gasteiger partial charge < -0.3 is 20.9 Å². The third kappa shape index (κ3) is 3.02. The van der Waals surface area contributed by atoms with Crippen LogP contribution in [0.1, 0.15) is 18.1 Å². The van der Waals surface area contributed by atoms with Gasteiger partial charge in [0.05, 0.1) is 12.6 Å². The lowest BCUT2D eigenvalue weighted by molar-refractivity contribution is -0.590. The lowest BCUT2D eigenvalue weighted by Gasteiger charge is -2.10. The first-order valence-corrected chi connectivity index (χ1v) is 4.14. The van der Waals surface area contributed by atoms with Crippen LogP contribution < -0.4 is 5.48 Å². The van der Waals surface area contributed by atoms with E-state index in [1.165, 1.54) is 12.1 Å². The van der Waals surface area contributed by atoms with E-state index >= 15 is 0 Å². The minimum atomic E-state index is -0.620. The second-order valence-corrected chi connectivity index (χ2v) is 2.85. The Kier molecular flexibility index (Phi) is 3.70. The van der Waals surface area contributed by atoms with E-state index in [9.17, 15) is 10.3 Å². The lowest BCUT2D eigenvalue weighted by atomic mass is 10.1. The highest BCUT2D eigenvalue weighted by molar-refractivity contribution is 5.27. The number of aliphatic hydroxyl groups is 1. The van der Waals surface area contributed by atoms with E-state index in [-0.39, 0.29) is 5.75 Å². The number of aromatic hydroxyl groups is 1. The Labute approximate surface area is 76.4 Å². The molecule has 1 atom stereocenters. The third-order valence-electron chi connectivity index (χ3n) is 1.84. The van der Waals surface area contributed by atoms with Crippen molar-refractivity contribution < 1.29 is 15.7 Å². The molecule has 0 aliphatic heterocycles. The summed E-state index contributed by atoms with van der Waals surface area (Å²) in [5.74, 6) is 0.173. The number of hydroxylamine groups is 1. The van der Waals surface area contributed by atoms with Gasteiger partial charge in [0.25, 0.3) is 0 Å². The highest BCUT2D eigenvalue weighted by Gasteiger charge is 2.06. The Bertz CT molecular complexity index is 248. The van der Waals surface area contributed by atoms with Gasteiger partial charge in [0.1, 0.15) is 5.75 Å². The molecule has 1 rings (SSSR count). The van der Waals surface area contributed by atoms with Gasteiger partial charge in [-0.15, -0.1) is 0 Å². The molecule has 0 saturated heterocycles. The van der Waals surface area contributed by atoms with Crippen molar-refractivity contribution in [1.29, 1.82) is 0 Å². The molecule has 0 heterocycles. The molecule has 1 unspecified atom stereocenters. The molecule has 0 amide bonds. The fourth-order valence-electron chi connectivity index (χ4n) is 1.09. The maximum Gasteiger partial charge on any atom is 0.115 e. The minimum absolute atomic E-state index is 0.173. The molecule has 0 radical (unpaired) electrons. The zero-order chi connectivity index (χ0) is 9.68. The van der Waals surface area contributed by atoms with Crippen molar-refractivity contribution in [2.24, 2.45) is 0 Å². The average Bonchev–Trinajstić information content (AvgIpc) is 2.15. The molecule has 1 aromatic carbocycles. The second-order valence-electron chi connectivity index (χ2n) is 2.85. The van der Waals surface area contributed by atoms with Gasteiger partial charge in [0.2, 0.25) is 0 Å². The van der Waals surface area contributed by atoms with E-state index in [0.717, 1.165) is 11.0 Å². The molecule has 4 N–H and O–H groups in total. The zero-order valence-corrected chi connectivity index (χ0v) is 7.18. The normalized spacial score (nSPS) is 12.8. The maximum atomic E-state index is 10.0. The molecular formula is C9H13NO3. The summed E-state index contributed by atoms with van der Waals surface area (Å²) in [5, 5.41) is 28.5. The van der Waals surface area contributed by atoms with Crippen LogP contribution in [-0.2, 0) is 0 Å².